The Kier molecular flexibility index (Phi) is 2.97. The number of benzene rings is 1. The lowest BCUT2D eigenvalue weighted by molar-refractivity contribution is 0.0697. The number of hydrogen-bond acceptors (Lipinski definition) is 2. The van der Waals surface area contributed by atoms with Crippen molar-refractivity contribution in [2.24, 2.45) is 0 Å². The van der Waals surface area contributed by atoms with Gasteiger partial charge in [-0.2, -0.15) is 0 Å². The van der Waals surface area contributed by atoms with Gasteiger partial charge in [-0.25, -0.2) is 4.79 Å². The van der Waals surface area contributed by atoms with Crippen LogP contribution in [0, 0.1) is 0 Å². The molecule has 0 aliphatic heterocycles. The molecule has 0 saturated carbocycles. The molecule has 0 amide bonds. The third kappa shape index (κ3) is 2.09. The lowest BCUT2D eigenvalue weighted by Gasteiger charge is -2.17. The molecule has 3 nitrogen and oxygen atoms in total. The molecule has 0 spiro atoms. The minimum absolute atomic E-state index is 0.387. The van der Waals surface area contributed by atoms with E-state index in [4.69, 9.17) is 5.11 Å². The Balaban J connectivity index is 2.25. The number of aromatic carboxylic acids is 1. The number of aryl methyl sites for hydroxylation is 1. The van der Waals surface area contributed by atoms with Crippen molar-refractivity contribution >= 4 is 5.97 Å². The van der Waals surface area contributed by atoms with E-state index in [9.17, 15) is 4.79 Å². The first-order chi connectivity index (χ1) is 7.58. The average molecular weight is 219 g/mol. The highest BCUT2D eigenvalue weighted by Gasteiger charge is 2.23. The molecule has 3 heteroatoms. The molecule has 0 fully saturated rings. The van der Waals surface area contributed by atoms with Crippen molar-refractivity contribution < 1.29 is 9.90 Å². The van der Waals surface area contributed by atoms with E-state index in [2.05, 4.69) is 19.2 Å². The summed E-state index contributed by atoms with van der Waals surface area (Å²) in [6.45, 7) is 4.26. The lowest BCUT2D eigenvalue weighted by Crippen LogP contribution is -2.26. The molecule has 1 atom stereocenters. The smallest absolute Gasteiger partial charge is 0.335 e. The van der Waals surface area contributed by atoms with Crippen molar-refractivity contribution in [1.29, 1.82) is 0 Å². The summed E-state index contributed by atoms with van der Waals surface area (Å²) in [6.07, 6.45) is 2.04. The van der Waals surface area contributed by atoms with Crippen molar-refractivity contribution in [3.63, 3.8) is 0 Å². The van der Waals surface area contributed by atoms with E-state index in [1.54, 1.807) is 12.1 Å². The Bertz CT molecular complexity index is 412. The molecule has 16 heavy (non-hydrogen) atoms. The quantitative estimate of drug-likeness (QED) is 0.820. The van der Waals surface area contributed by atoms with E-state index in [0.29, 0.717) is 17.6 Å². The van der Waals surface area contributed by atoms with Crippen LogP contribution in [0.25, 0.3) is 0 Å². The summed E-state index contributed by atoms with van der Waals surface area (Å²) in [7, 11) is 0. The van der Waals surface area contributed by atoms with Crippen LogP contribution in [0.1, 0.15) is 47.8 Å². The summed E-state index contributed by atoms with van der Waals surface area (Å²) < 4.78 is 0. The fourth-order valence-electron chi connectivity index (χ4n) is 2.33. The van der Waals surface area contributed by atoms with E-state index in [1.807, 2.05) is 6.07 Å². The normalized spacial score (nSPS) is 18.8. The molecule has 1 aliphatic carbocycles. The highest BCUT2D eigenvalue weighted by atomic mass is 16.4. The second-order valence-corrected chi connectivity index (χ2v) is 4.63. The first-order valence-corrected chi connectivity index (χ1v) is 5.70. The van der Waals surface area contributed by atoms with Crippen LogP contribution in [0.15, 0.2) is 18.2 Å². The largest absolute Gasteiger partial charge is 0.478 e. The van der Waals surface area contributed by atoms with Crippen LogP contribution in [0.2, 0.25) is 0 Å². The molecule has 0 heterocycles. The third-order valence-corrected chi connectivity index (χ3v) is 3.00. The van der Waals surface area contributed by atoms with E-state index < -0.39 is 5.97 Å². The maximum atomic E-state index is 10.8. The average Bonchev–Trinajstić information content (AvgIpc) is 2.60. The van der Waals surface area contributed by atoms with Gasteiger partial charge in [-0.05, 0) is 36.1 Å². The van der Waals surface area contributed by atoms with Gasteiger partial charge in [-0.1, -0.05) is 19.9 Å². The SMILES string of the molecule is CC(C)NC1CCc2cc(C(=O)O)ccc21. The summed E-state index contributed by atoms with van der Waals surface area (Å²) in [5.41, 5.74) is 2.83. The Hall–Kier alpha value is -1.35. The molecule has 0 radical (unpaired) electrons. The van der Waals surface area contributed by atoms with E-state index >= 15 is 0 Å². The van der Waals surface area contributed by atoms with Gasteiger partial charge in [0.15, 0.2) is 0 Å². The molecular formula is C13H17NO2. The molecule has 2 N–H and O–H groups in total. The van der Waals surface area contributed by atoms with E-state index in [0.717, 1.165) is 12.8 Å². The third-order valence-electron chi connectivity index (χ3n) is 3.00. The highest BCUT2D eigenvalue weighted by molar-refractivity contribution is 5.88. The van der Waals surface area contributed by atoms with Crippen molar-refractivity contribution in [2.75, 3.05) is 0 Å². The molecule has 0 aromatic heterocycles. The van der Waals surface area contributed by atoms with Gasteiger partial charge in [0.2, 0.25) is 0 Å². The molecule has 0 bridgehead atoms. The number of nitrogens with one attached hydrogen (secondary N) is 1. The molecule has 2 rings (SSSR count). The fraction of sp³-hybridized carbons (Fsp3) is 0.462. The molecule has 1 aromatic rings. The standard InChI is InChI=1S/C13H17NO2/c1-8(2)14-12-6-4-9-7-10(13(15)16)3-5-11(9)12/h3,5,7-8,12,14H,4,6H2,1-2H3,(H,15,16). The van der Waals surface area contributed by atoms with Gasteiger partial charge in [-0.15, -0.1) is 0 Å². The van der Waals surface area contributed by atoms with Crippen molar-refractivity contribution in [3.8, 4) is 0 Å². The predicted molar refractivity (Wildman–Crippen MR) is 62.7 cm³/mol. The van der Waals surface area contributed by atoms with Crippen LogP contribution >= 0.6 is 0 Å². The number of carboxylic acid groups (broad SMARTS) is 1. The van der Waals surface area contributed by atoms with Crippen molar-refractivity contribution in [1.82, 2.24) is 5.32 Å². The van der Waals surface area contributed by atoms with Crippen LogP contribution < -0.4 is 5.32 Å². The van der Waals surface area contributed by atoms with Crippen molar-refractivity contribution in [3.05, 3.63) is 34.9 Å². The van der Waals surface area contributed by atoms with Crippen LogP contribution in [0.3, 0.4) is 0 Å². The molecule has 86 valence electrons. The zero-order chi connectivity index (χ0) is 11.7. The number of carboxylic acids is 1. The maximum absolute atomic E-state index is 10.8. The summed E-state index contributed by atoms with van der Waals surface area (Å²) in [5.74, 6) is -0.844. The van der Waals surface area contributed by atoms with Crippen LogP contribution in [0.5, 0.6) is 0 Å². The highest BCUT2D eigenvalue weighted by Crippen LogP contribution is 2.32. The zero-order valence-electron chi connectivity index (χ0n) is 9.66. The van der Waals surface area contributed by atoms with Crippen LogP contribution in [-0.2, 0) is 6.42 Å². The molecular weight excluding hydrogens is 202 g/mol. The minimum Gasteiger partial charge on any atom is -0.478 e. The number of carbonyl (C=O) groups is 1. The van der Waals surface area contributed by atoms with E-state index in [1.165, 1.54) is 11.1 Å². The first-order valence-electron chi connectivity index (χ1n) is 5.70. The summed E-state index contributed by atoms with van der Waals surface area (Å²) in [6, 6.07) is 6.29. The van der Waals surface area contributed by atoms with Gasteiger partial charge in [0.05, 0.1) is 5.56 Å². The molecule has 1 aromatic carbocycles. The van der Waals surface area contributed by atoms with Gasteiger partial charge in [-0.3, -0.25) is 0 Å². The molecule has 0 saturated heterocycles. The van der Waals surface area contributed by atoms with Crippen LogP contribution in [0.4, 0.5) is 0 Å². The van der Waals surface area contributed by atoms with Gasteiger partial charge in [0, 0.05) is 12.1 Å². The Morgan fingerprint density at radius 1 is 1.50 bits per heavy atom. The van der Waals surface area contributed by atoms with E-state index in [-0.39, 0.29) is 0 Å². The number of hydrogen-bond donors (Lipinski definition) is 2. The number of rotatable bonds is 3. The topological polar surface area (TPSA) is 49.3 Å². The molecule has 1 aliphatic rings. The first kappa shape index (κ1) is 11.1. The lowest BCUT2D eigenvalue weighted by atomic mass is 10.0. The second kappa shape index (κ2) is 4.26. The Morgan fingerprint density at radius 2 is 2.25 bits per heavy atom. The summed E-state index contributed by atoms with van der Waals surface area (Å²) in [5, 5.41) is 12.4. The Morgan fingerprint density at radius 3 is 2.88 bits per heavy atom. The summed E-state index contributed by atoms with van der Waals surface area (Å²) >= 11 is 0. The van der Waals surface area contributed by atoms with Gasteiger partial charge >= 0.3 is 5.97 Å². The number of fused-ring (bicyclic) bond motifs is 1. The second-order valence-electron chi connectivity index (χ2n) is 4.63. The monoisotopic (exact) mass is 219 g/mol. The zero-order valence-corrected chi connectivity index (χ0v) is 9.66. The summed E-state index contributed by atoms with van der Waals surface area (Å²) in [4.78, 5) is 10.8. The molecule has 1 unspecified atom stereocenters. The van der Waals surface area contributed by atoms with Crippen LogP contribution in [-0.4, -0.2) is 17.1 Å². The fourth-order valence-corrected chi connectivity index (χ4v) is 2.33. The predicted octanol–water partition coefficient (Wildman–Crippen LogP) is 2.37. The Labute approximate surface area is 95.5 Å². The van der Waals surface area contributed by atoms with Gasteiger partial charge in [0.25, 0.3) is 0 Å². The minimum atomic E-state index is -0.844. The van der Waals surface area contributed by atoms with Gasteiger partial charge < -0.3 is 10.4 Å². The maximum Gasteiger partial charge on any atom is 0.335 e. The van der Waals surface area contributed by atoms with Crippen molar-refractivity contribution in [2.45, 2.75) is 38.8 Å². The van der Waals surface area contributed by atoms with Gasteiger partial charge in [0.1, 0.15) is 0 Å².